The van der Waals surface area contributed by atoms with E-state index < -0.39 is 0 Å². The van der Waals surface area contributed by atoms with Crippen LogP contribution in [0.25, 0.3) is 0 Å². The molecule has 0 bridgehead atoms. The van der Waals surface area contributed by atoms with Crippen LogP contribution in [0.15, 0.2) is 12.4 Å². The summed E-state index contributed by atoms with van der Waals surface area (Å²) in [5, 5.41) is 3.33. The lowest BCUT2D eigenvalue weighted by atomic mass is 10.4. The Hall–Kier alpha value is -1.07. The number of rotatable bonds is 11. The molecule has 5 nitrogen and oxygen atoms in total. The summed E-state index contributed by atoms with van der Waals surface area (Å²) in [6, 6.07) is 0. The number of ether oxygens (including phenoxy) is 2. The van der Waals surface area contributed by atoms with E-state index in [0.29, 0.717) is 0 Å². The maximum absolute atomic E-state index is 5.43. The van der Waals surface area contributed by atoms with Crippen LogP contribution in [0.3, 0.4) is 0 Å². The summed E-state index contributed by atoms with van der Waals surface area (Å²) in [5.74, 6) is 0.932. The lowest BCUT2D eigenvalue weighted by molar-refractivity contribution is 0.134. The first-order valence-electron chi connectivity index (χ1n) is 6.70. The Labute approximate surface area is 109 Å². The van der Waals surface area contributed by atoms with Crippen LogP contribution in [-0.2, 0) is 16.0 Å². The van der Waals surface area contributed by atoms with Crippen LogP contribution >= 0.6 is 0 Å². The smallest absolute Gasteiger partial charge is 0.202 e. The third kappa shape index (κ3) is 6.02. The Morgan fingerprint density at radius 2 is 2.17 bits per heavy atom. The van der Waals surface area contributed by atoms with Gasteiger partial charge in [0, 0.05) is 52.4 Å². The van der Waals surface area contributed by atoms with E-state index in [2.05, 4.69) is 21.8 Å². The molecule has 1 rings (SSSR count). The molecule has 0 atom stereocenters. The Balaban J connectivity index is 2.15. The minimum absolute atomic E-state index is 0.780. The number of aromatic nitrogens is 2. The molecule has 104 valence electrons. The van der Waals surface area contributed by atoms with Crippen molar-refractivity contribution in [2.75, 3.05) is 38.8 Å². The molecule has 1 aromatic rings. The number of nitrogens with zero attached hydrogens (tertiary/aromatic N) is 2. The molecule has 5 heteroatoms. The van der Waals surface area contributed by atoms with Crippen molar-refractivity contribution in [1.29, 1.82) is 0 Å². The number of anilines is 1. The van der Waals surface area contributed by atoms with Gasteiger partial charge in [0.15, 0.2) is 0 Å². The van der Waals surface area contributed by atoms with Crippen molar-refractivity contribution >= 4 is 5.95 Å². The van der Waals surface area contributed by atoms with E-state index >= 15 is 0 Å². The fourth-order valence-electron chi connectivity index (χ4n) is 1.66. The summed E-state index contributed by atoms with van der Waals surface area (Å²) in [7, 11) is 1.73. The molecule has 0 radical (unpaired) electrons. The highest BCUT2D eigenvalue weighted by atomic mass is 16.5. The van der Waals surface area contributed by atoms with E-state index in [-0.39, 0.29) is 0 Å². The van der Waals surface area contributed by atoms with Crippen molar-refractivity contribution in [2.45, 2.75) is 32.7 Å². The van der Waals surface area contributed by atoms with Crippen molar-refractivity contribution in [1.82, 2.24) is 9.55 Å². The third-order valence-corrected chi connectivity index (χ3v) is 2.56. The Morgan fingerprint density at radius 3 is 2.94 bits per heavy atom. The minimum atomic E-state index is 0.780. The number of nitrogens with one attached hydrogen (secondary N) is 1. The molecule has 0 aliphatic carbocycles. The quantitative estimate of drug-likeness (QED) is 0.615. The van der Waals surface area contributed by atoms with E-state index in [1.54, 1.807) is 7.11 Å². The number of imidazole rings is 1. The Bertz CT molecular complexity index is 302. The van der Waals surface area contributed by atoms with Crippen LogP contribution < -0.4 is 5.32 Å². The van der Waals surface area contributed by atoms with Gasteiger partial charge < -0.3 is 19.4 Å². The molecule has 0 amide bonds. The fourth-order valence-corrected chi connectivity index (χ4v) is 1.66. The maximum Gasteiger partial charge on any atom is 0.202 e. The first kappa shape index (κ1) is 15.0. The number of aryl methyl sites for hydroxylation is 1. The molecular formula is C13H25N3O2. The van der Waals surface area contributed by atoms with Gasteiger partial charge in [-0.3, -0.25) is 0 Å². The van der Waals surface area contributed by atoms with Crippen molar-refractivity contribution < 1.29 is 9.47 Å². The zero-order chi connectivity index (χ0) is 13.1. The lowest BCUT2D eigenvalue weighted by Crippen LogP contribution is -2.11. The van der Waals surface area contributed by atoms with Crippen molar-refractivity contribution in [3.05, 3.63) is 12.4 Å². The first-order valence-corrected chi connectivity index (χ1v) is 6.70. The third-order valence-electron chi connectivity index (χ3n) is 2.56. The molecule has 0 unspecified atom stereocenters. The molecule has 0 spiro atoms. The molecule has 0 fully saturated rings. The van der Waals surface area contributed by atoms with Gasteiger partial charge in [-0.1, -0.05) is 6.92 Å². The van der Waals surface area contributed by atoms with Gasteiger partial charge in [-0.05, 0) is 19.3 Å². The second-order valence-corrected chi connectivity index (χ2v) is 4.18. The number of hydrogen-bond acceptors (Lipinski definition) is 4. The zero-order valence-electron chi connectivity index (χ0n) is 11.5. The van der Waals surface area contributed by atoms with Gasteiger partial charge in [0.2, 0.25) is 5.95 Å². The van der Waals surface area contributed by atoms with E-state index in [0.717, 1.165) is 58.1 Å². The van der Waals surface area contributed by atoms with Gasteiger partial charge >= 0.3 is 0 Å². The van der Waals surface area contributed by atoms with Crippen molar-refractivity contribution in [3.8, 4) is 0 Å². The Morgan fingerprint density at radius 1 is 1.28 bits per heavy atom. The van der Waals surface area contributed by atoms with Crippen LogP contribution in [0.4, 0.5) is 5.95 Å². The second-order valence-electron chi connectivity index (χ2n) is 4.18. The predicted molar refractivity (Wildman–Crippen MR) is 72.9 cm³/mol. The van der Waals surface area contributed by atoms with Gasteiger partial charge in [-0.25, -0.2) is 4.98 Å². The molecule has 0 aliphatic heterocycles. The first-order chi connectivity index (χ1) is 8.88. The molecule has 1 heterocycles. The van der Waals surface area contributed by atoms with Gasteiger partial charge in [0.05, 0.1) is 0 Å². The van der Waals surface area contributed by atoms with Crippen LogP contribution in [0.5, 0.6) is 0 Å². The summed E-state index contributed by atoms with van der Waals surface area (Å²) >= 11 is 0. The molecule has 0 saturated heterocycles. The van der Waals surface area contributed by atoms with Gasteiger partial charge in [0.25, 0.3) is 0 Å². The van der Waals surface area contributed by atoms with Crippen LogP contribution in [-0.4, -0.2) is 43.0 Å². The molecule has 0 saturated carbocycles. The second kappa shape index (κ2) is 9.91. The monoisotopic (exact) mass is 255 g/mol. The van der Waals surface area contributed by atoms with E-state index in [1.165, 1.54) is 0 Å². The average molecular weight is 255 g/mol. The average Bonchev–Trinajstić information content (AvgIpc) is 2.82. The summed E-state index contributed by atoms with van der Waals surface area (Å²) in [5.41, 5.74) is 0. The fraction of sp³-hybridized carbons (Fsp3) is 0.769. The van der Waals surface area contributed by atoms with E-state index in [4.69, 9.17) is 9.47 Å². The summed E-state index contributed by atoms with van der Waals surface area (Å²) in [4.78, 5) is 4.30. The van der Waals surface area contributed by atoms with E-state index in [9.17, 15) is 0 Å². The molecular weight excluding hydrogens is 230 g/mol. The van der Waals surface area contributed by atoms with Gasteiger partial charge in [0.1, 0.15) is 0 Å². The molecule has 18 heavy (non-hydrogen) atoms. The lowest BCUT2D eigenvalue weighted by Gasteiger charge is -2.09. The highest BCUT2D eigenvalue weighted by Gasteiger charge is 2.01. The minimum Gasteiger partial charge on any atom is -0.385 e. The molecule has 1 N–H and O–H groups in total. The van der Waals surface area contributed by atoms with Gasteiger partial charge in [-0.2, -0.15) is 0 Å². The standard InChI is InChI=1S/C13H25N3O2/c1-3-10-18-12-4-6-14-13-15-7-9-16(13)8-5-11-17-2/h7,9H,3-6,8,10-12H2,1-2H3,(H,14,15). The Kier molecular flexibility index (Phi) is 8.25. The van der Waals surface area contributed by atoms with Crippen molar-refractivity contribution in [2.24, 2.45) is 0 Å². The zero-order valence-corrected chi connectivity index (χ0v) is 11.5. The number of methoxy groups -OCH3 is 1. The van der Waals surface area contributed by atoms with E-state index in [1.807, 2.05) is 12.4 Å². The largest absolute Gasteiger partial charge is 0.385 e. The molecule has 0 aliphatic rings. The predicted octanol–water partition coefficient (Wildman–Crippen LogP) is 2.15. The highest BCUT2D eigenvalue weighted by Crippen LogP contribution is 2.05. The summed E-state index contributed by atoms with van der Waals surface area (Å²) in [6.07, 6.45) is 6.90. The number of hydrogen-bond donors (Lipinski definition) is 1. The van der Waals surface area contributed by atoms with Crippen LogP contribution in [0.1, 0.15) is 26.2 Å². The van der Waals surface area contributed by atoms with Crippen molar-refractivity contribution in [3.63, 3.8) is 0 Å². The summed E-state index contributed by atoms with van der Waals surface area (Å²) in [6.45, 7) is 6.39. The molecule has 1 aromatic heterocycles. The summed E-state index contributed by atoms with van der Waals surface area (Å²) < 4.78 is 12.6. The van der Waals surface area contributed by atoms with Crippen LogP contribution in [0.2, 0.25) is 0 Å². The van der Waals surface area contributed by atoms with Crippen LogP contribution in [0, 0.1) is 0 Å². The SMILES string of the molecule is CCCOCCCNc1nccn1CCCOC. The maximum atomic E-state index is 5.43. The highest BCUT2D eigenvalue weighted by molar-refractivity contribution is 5.25. The molecule has 0 aromatic carbocycles. The topological polar surface area (TPSA) is 48.3 Å². The normalized spacial score (nSPS) is 10.8. The van der Waals surface area contributed by atoms with Gasteiger partial charge in [-0.15, -0.1) is 0 Å².